The Bertz CT molecular complexity index is 2930. The largest absolute Gasteiger partial charge is 0.486 e. The van der Waals surface area contributed by atoms with Gasteiger partial charge in [-0.3, -0.25) is 38.9 Å². The van der Waals surface area contributed by atoms with Gasteiger partial charge in [-0.25, -0.2) is 9.18 Å². The minimum Gasteiger partial charge on any atom is -0.486 e. The lowest BCUT2D eigenvalue weighted by molar-refractivity contribution is -0.135. The van der Waals surface area contributed by atoms with E-state index >= 15 is 4.39 Å². The first-order chi connectivity index (χ1) is 32.8. The lowest BCUT2D eigenvalue weighted by Crippen LogP contribution is -2.60. The monoisotopic (exact) mass is 965 g/mol. The Labute approximate surface area is 402 Å². The van der Waals surface area contributed by atoms with Gasteiger partial charge in [0.2, 0.25) is 23.6 Å². The number of halogens is 3. The summed E-state index contributed by atoms with van der Waals surface area (Å²) in [5.41, 5.74) is 2.72. The summed E-state index contributed by atoms with van der Waals surface area (Å²) < 4.78 is 32.0. The Hall–Kier alpha value is -5.74. The number of unbranched alkanes of at least 4 members (excludes halogenated alkanes) is 2. The number of hydrogen-bond donors (Lipinski definition) is 4. The minimum atomic E-state index is -1.36. The number of imidazole rings is 1. The zero-order chi connectivity index (χ0) is 47.5. The standard InChI is InChI=1S/C51H54Cl2FN7O7/c1-59(23-8-3-5-10-29-13-18-37-39(26-29)60(2)49(66)61(37)38-19-20-40(62)57-46(38)63)28-30-14-17-35(45-44(30)67-24-25-68-45)55-47(64)43-41(32-11-9-12-34(53)42(32)54)51(50(58-43)21-6-4-7-22-50)33-16-15-31(52)27-36(33)56-48(51)65/h9,11-18,26-27,38,41,43,58H,3-8,10,19-25,28H2,1-2H3,(H,55,64)(H,56,65)(H,57,62,63)/t38?,41-,43+,51+/m0/s1. The summed E-state index contributed by atoms with van der Waals surface area (Å²) in [6.07, 6.45) is 7.99. The molecule has 10 rings (SSSR count). The molecule has 3 fully saturated rings. The second kappa shape index (κ2) is 18.3. The van der Waals surface area contributed by atoms with Gasteiger partial charge < -0.3 is 25.0 Å². The van der Waals surface area contributed by atoms with E-state index in [0.717, 1.165) is 68.1 Å². The van der Waals surface area contributed by atoms with Crippen molar-refractivity contribution >= 4 is 69.2 Å². The van der Waals surface area contributed by atoms with Crippen LogP contribution < -0.4 is 36.4 Å². The predicted molar refractivity (Wildman–Crippen MR) is 257 cm³/mol. The maximum atomic E-state index is 16.5. The highest BCUT2D eigenvalue weighted by molar-refractivity contribution is 6.31. The van der Waals surface area contributed by atoms with Crippen molar-refractivity contribution in [2.75, 3.05) is 37.4 Å². The fourth-order valence-electron chi connectivity index (χ4n) is 11.9. The molecule has 1 aromatic heterocycles. The number of nitrogens with one attached hydrogen (secondary N) is 4. The van der Waals surface area contributed by atoms with Crippen molar-refractivity contribution in [3.05, 3.63) is 115 Å². The van der Waals surface area contributed by atoms with Gasteiger partial charge in [0, 0.05) is 47.7 Å². The SMILES string of the molecule is CN(CCCCCc1ccc2c(c1)n(C)c(=O)n2C1CCC(=O)NC1=O)Cc1ccc(NC(=O)[C@@H]2NC3(CCCCC3)[C@@]3(C(=O)Nc4cc(Cl)ccc43)[C@H]2c2cccc(Cl)c2F)c2c1OCCO2. The summed E-state index contributed by atoms with van der Waals surface area (Å²) in [7, 11) is 3.76. The summed E-state index contributed by atoms with van der Waals surface area (Å²) in [6.45, 7) is 2.01. The summed E-state index contributed by atoms with van der Waals surface area (Å²) in [6, 6.07) is 17.9. The highest BCUT2D eigenvalue weighted by Gasteiger charge is 2.72. The molecule has 2 saturated heterocycles. The molecule has 4 aliphatic heterocycles. The highest BCUT2D eigenvalue weighted by Crippen LogP contribution is 2.63. The quantitative estimate of drug-likeness (QED) is 0.0726. The first-order valence-electron chi connectivity index (χ1n) is 23.6. The number of fused-ring (bicyclic) bond motifs is 5. The van der Waals surface area contributed by atoms with Gasteiger partial charge in [0.1, 0.15) is 30.5 Å². The first-order valence-corrected chi connectivity index (χ1v) is 24.3. The lowest BCUT2D eigenvalue weighted by atomic mass is 9.55. The molecule has 0 radical (unpaired) electrons. The van der Waals surface area contributed by atoms with Gasteiger partial charge in [0.25, 0.3) is 0 Å². The number of carbonyl (C=O) groups excluding carboxylic acids is 4. The minimum absolute atomic E-state index is 0.0954. The van der Waals surface area contributed by atoms with Crippen LogP contribution in [0, 0.1) is 5.82 Å². The number of imide groups is 1. The molecule has 5 heterocycles. The summed E-state index contributed by atoms with van der Waals surface area (Å²) in [5, 5.41) is 12.6. The Morgan fingerprint density at radius 3 is 2.50 bits per heavy atom. The van der Waals surface area contributed by atoms with Crippen LogP contribution in [0.3, 0.4) is 0 Å². The number of aryl methyl sites for hydroxylation is 2. The molecule has 4 amide bonds. The van der Waals surface area contributed by atoms with Crippen LogP contribution in [0.15, 0.2) is 71.5 Å². The van der Waals surface area contributed by atoms with E-state index in [9.17, 15) is 24.0 Å². The van der Waals surface area contributed by atoms with E-state index in [1.807, 2.05) is 36.4 Å². The molecule has 5 aliphatic rings. The number of rotatable bonds is 12. The topological polar surface area (TPSA) is 165 Å². The van der Waals surface area contributed by atoms with E-state index in [-0.39, 0.29) is 41.1 Å². The zero-order valence-corrected chi connectivity index (χ0v) is 39.5. The van der Waals surface area contributed by atoms with Crippen molar-refractivity contribution in [1.82, 2.24) is 24.7 Å². The second-order valence-electron chi connectivity index (χ2n) is 19.0. The van der Waals surface area contributed by atoms with Crippen molar-refractivity contribution in [2.24, 2.45) is 7.05 Å². The van der Waals surface area contributed by atoms with Gasteiger partial charge in [-0.1, -0.05) is 79.2 Å². The average Bonchev–Trinajstić information content (AvgIpc) is 3.88. The molecule has 4 atom stereocenters. The Kier molecular flexibility index (Phi) is 12.4. The summed E-state index contributed by atoms with van der Waals surface area (Å²) in [4.78, 5) is 69.5. The first kappa shape index (κ1) is 46.0. The molecule has 356 valence electrons. The van der Waals surface area contributed by atoms with Gasteiger partial charge in [-0.15, -0.1) is 0 Å². The summed E-state index contributed by atoms with van der Waals surface area (Å²) in [5.74, 6) is -2.21. The molecule has 17 heteroatoms. The smallest absolute Gasteiger partial charge is 0.329 e. The number of ether oxygens (including phenoxy) is 2. The van der Waals surface area contributed by atoms with Crippen molar-refractivity contribution in [1.29, 1.82) is 0 Å². The summed E-state index contributed by atoms with van der Waals surface area (Å²) >= 11 is 12.9. The van der Waals surface area contributed by atoms with Crippen LogP contribution in [0.2, 0.25) is 10.0 Å². The fourth-order valence-corrected chi connectivity index (χ4v) is 12.2. The lowest BCUT2D eigenvalue weighted by Gasteiger charge is -2.47. The maximum absolute atomic E-state index is 16.5. The Morgan fingerprint density at radius 2 is 1.71 bits per heavy atom. The number of aromatic nitrogens is 2. The van der Waals surface area contributed by atoms with Crippen LogP contribution >= 0.6 is 23.2 Å². The number of benzene rings is 4. The molecule has 4 N–H and O–H groups in total. The molecule has 5 aromatic rings. The number of hydrogen-bond acceptors (Lipinski definition) is 9. The van der Waals surface area contributed by atoms with Crippen molar-refractivity contribution in [3.63, 3.8) is 0 Å². The van der Waals surface area contributed by atoms with Crippen LogP contribution in [0.5, 0.6) is 11.5 Å². The molecule has 68 heavy (non-hydrogen) atoms. The molecule has 1 saturated carbocycles. The van der Waals surface area contributed by atoms with E-state index in [1.54, 1.807) is 35.9 Å². The molecule has 1 aliphatic carbocycles. The Balaban J connectivity index is 0.835. The van der Waals surface area contributed by atoms with E-state index in [0.29, 0.717) is 71.4 Å². The van der Waals surface area contributed by atoms with E-state index in [1.165, 1.54) is 10.6 Å². The molecular formula is C51H54Cl2FN7O7. The van der Waals surface area contributed by atoms with Crippen molar-refractivity contribution in [3.8, 4) is 11.5 Å². The van der Waals surface area contributed by atoms with Crippen LogP contribution in [-0.2, 0) is 44.6 Å². The van der Waals surface area contributed by atoms with Gasteiger partial charge in [0.05, 0.1) is 27.8 Å². The number of anilines is 2. The van der Waals surface area contributed by atoms with Crippen LogP contribution in [0.4, 0.5) is 15.8 Å². The Morgan fingerprint density at radius 1 is 0.912 bits per heavy atom. The van der Waals surface area contributed by atoms with Gasteiger partial charge >= 0.3 is 5.69 Å². The number of nitrogens with zero attached hydrogens (tertiary/aromatic N) is 3. The third kappa shape index (κ3) is 7.75. The van der Waals surface area contributed by atoms with Crippen LogP contribution in [0.1, 0.15) is 98.4 Å². The zero-order valence-electron chi connectivity index (χ0n) is 38.0. The van der Waals surface area contributed by atoms with Crippen LogP contribution in [-0.4, -0.2) is 76.0 Å². The van der Waals surface area contributed by atoms with E-state index in [2.05, 4.69) is 33.2 Å². The molecular weight excluding hydrogens is 913 g/mol. The van der Waals surface area contributed by atoms with E-state index in [4.69, 9.17) is 32.7 Å². The molecule has 14 nitrogen and oxygen atoms in total. The third-order valence-electron chi connectivity index (χ3n) is 15.0. The van der Waals surface area contributed by atoms with Crippen molar-refractivity contribution < 1.29 is 33.0 Å². The molecule has 2 spiro atoms. The predicted octanol–water partition coefficient (Wildman–Crippen LogP) is 7.67. The van der Waals surface area contributed by atoms with Gasteiger partial charge in [0.15, 0.2) is 11.5 Å². The normalized spacial score (nSPS) is 22.8. The number of carbonyl (C=O) groups is 4. The molecule has 0 bridgehead atoms. The van der Waals surface area contributed by atoms with Gasteiger partial charge in [-0.2, -0.15) is 0 Å². The average molecular weight is 967 g/mol. The maximum Gasteiger partial charge on any atom is 0.329 e. The number of amides is 4. The molecule has 4 aromatic carbocycles. The fraction of sp³-hybridized carbons (Fsp3) is 0.431. The molecule has 1 unspecified atom stereocenters. The third-order valence-corrected chi connectivity index (χ3v) is 15.5. The van der Waals surface area contributed by atoms with Crippen LogP contribution in [0.25, 0.3) is 11.0 Å². The van der Waals surface area contributed by atoms with E-state index < -0.39 is 46.6 Å². The number of piperidine rings is 1. The van der Waals surface area contributed by atoms with Crippen molar-refractivity contribution in [2.45, 2.75) is 106 Å². The second-order valence-corrected chi connectivity index (χ2v) is 19.8. The van der Waals surface area contributed by atoms with Gasteiger partial charge in [-0.05, 0) is 105 Å². The highest BCUT2D eigenvalue weighted by atomic mass is 35.5.